The molecule has 0 aliphatic carbocycles. The number of nitrogens with two attached hydrogens (primary N) is 1. The van der Waals surface area contributed by atoms with E-state index in [1.807, 2.05) is 4.90 Å². The van der Waals surface area contributed by atoms with Gasteiger partial charge in [-0.25, -0.2) is 0 Å². The van der Waals surface area contributed by atoms with Gasteiger partial charge in [0.1, 0.15) is 0 Å². The fraction of sp³-hybridized carbons (Fsp3) is 0.917. The van der Waals surface area contributed by atoms with Crippen molar-refractivity contribution in [2.75, 3.05) is 19.6 Å². The molecule has 96 valence electrons. The van der Waals surface area contributed by atoms with E-state index in [0.29, 0.717) is 11.8 Å². The smallest absolute Gasteiger partial charge is 0.222 e. The summed E-state index contributed by atoms with van der Waals surface area (Å²) in [5.41, 5.74) is 5.62. The first-order chi connectivity index (χ1) is 7.27. The Morgan fingerprint density at radius 1 is 1.31 bits per heavy atom. The molecule has 1 heterocycles. The second-order valence-corrected chi connectivity index (χ2v) is 4.52. The van der Waals surface area contributed by atoms with Gasteiger partial charge in [0.15, 0.2) is 0 Å². The Hall–Kier alpha value is -0.280. The van der Waals surface area contributed by atoms with Crippen molar-refractivity contribution in [3.8, 4) is 0 Å². The number of amides is 1. The third-order valence-corrected chi connectivity index (χ3v) is 3.29. The van der Waals surface area contributed by atoms with Gasteiger partial charge < -0.3 is 10.6 Å². The van der Waals surface area contributed by atoms with Gasteiger partial charge in [-0.15, -0.1) is 12.4 Å². The van der Waals surface area contributed by atoms with E-state index in [2.05, 4.69) is 6.92 Å². The molecule has 0 bridgehead atoms. The average Bonchev–Trinajstić information content (AvgIpc) is 2.29. The van der Waals surface area contributed by atoms with Crippen LogP contribution in [-0.2, 0) is 4.79 Å². The van der Waals surface area contributed by atoms with Gasteiger partial charge in [0.2, 0.25) is 5.91 Å². The molecule has 0 atom stereocenters. The largest absolute Gasteiger partial charge is 0.343 e. The highest BCUT2D eigenvalue weighted by Gasteiger charge is 2.21. The highest BCUT2D eigenvalue weighted by atomic mass is 35.5. The first-order valence-corrected chi connectivity index (χ1v) is 6.25. The summed E-state index contributed by atoms with van der Waals surface area (Å²) in [7, 11) is 0. The SMILES string of the molecule is CCCCCC(=O)N1CCC(CN)CC1.Cl. The summed E-state index contributed by atoms with van der Waals surface area (Å²) < 4.78 is 0. The second-order valence-electron chi connectivity index (χ2n) is 4.52. The fourth-order valence-corrected chi connectivity index (χ4v) is 2.10. The molecular formula is C12H25ClN2O. The predicted octanol–water partition coefficient (Wildman–Crippen LogP) is 2.19. The quantitative estimate of drug-likeness (QED) is 0.759. The van der Waals surface area contributed by atoms with Crippen LogP contribution in [-0.4, -0.2) is 30.4 Å². The van der Waals surface area contributed by atoms with Gasteiger partial charge in [-0.1, -0.05) is 19.8 Å². The van der Waals surface area contributed by atoms with Crippen LogP contribution in [0.5, 0.6) is 0 Å². The molecule has 2 N–H and O–H groups in total. The zero-order valence-corrected chi connectivity index (χ0v) is 11.1. The second kappa shape index (κ2) is 8.82. The molecule has 1 fully saturated rings. The molecule has 16 heavy (non-hydrogen) atoms. The summed E-state index contributed by atoms with van der Waals surface area (Å²) in [6.07, 6.45) is 6.33. The van der Waals surface area contributed by atoms with E-state index in [1.165, 1.54) is 12.8 Å². The van der Waals surface area contributed by atoms with Crippen molar-refractivity contribution in [1.82, 2.24) is 4.90 Å². The number of hydrogen-bond acceptors (Lipinski definition) is 2. The lowest BCUT2D eigenvalue weighted by atomic mass is 9.97. The summed E-state index contributed by atoms with van der Waals surface area (Å²) in [4.78, 5) is 13.8. The molecule has 0 radical (unpaired) electrons. The van der Waals surface area contributed by atoms with Crippen LogP contribution in [0.25, 0.3) is 0 Å². The van der Waals surface area contributed by atoms with Crippen molar-refractivity contribution < 1.29 is 4.79 Å². The van der Waals surface area contributed by atoms with E-state index in [4.69, 9.17) is 5.73 Å². The zero-order valence-electron chi connectivity index (χ0n) is 10.3. The molecule has 0 saturated carbocycles. The van der Waals surface area contributed by atoms with Crippen LogP contribution in [0.3, 0.4) is 0 Å². The Labute approximate surface area is 105 Å². The van der Waals surface area contributed by atoms with Crippen LogP contribution in [0, 0.1) is 5.92 Å². The summed E-state index contributed by atoms with van der Waals surface area (Å²) >= 11 is 0. The molecule has 0 aromatic rings. The summed E-state index contributed by atoms with van der Waals surface area (Å²) in [6.45, 7) is 4.79. The minimum atomic E-state index is 0. The van der Waals surface area contributed by atoms with Crippen LogP contribution in [0.15, 0.2) is 0 Å². The highest BCUT2D eigenvalue weighted by Crippen LogP contribution is 2.17. The van der Waals surface area contributed by atoms with E-state index < -0.39 is 0 Å². The molecule has 0 unspecified atom stereocenters. The molecule has 3 nitrogen and oxygen atoms in total. The van der Waals surface area contributed by atoms with E-state index >= 15 is 0 Å². The van der Waals surface area contributed by atoms with E-state index in [9.17, 15) is 4.79 Å². The summed E-state index contributed by atoms with van der Waals surface area (Å²) in [5.74, 6) is 0.989. The van der Waals surface area contributed by atoms with Gasteiger partial charge in [0.25, 0.3) is 0 Å². The Bertz CT molecular complexity index is 191. The molecule has 0 aromatic heterocycles. The molecular weight excluding hydrogens is 224 g/mol. The molecule has 1 amide bonds. The van der Waals surface area contributed by atoms with Crippen LogP contribution in [0.2, 0.25) is 0 Å². The molecule has 1 saturated heterocycles. The zero-order chi connectivity index (χ0) is 11.1. The fourth-order valence-electron chi connectivity index (χ4n) is 2.10. The van der Waals surface area contributed by atoms with Gasteiger partial charge in [0.05, 0.1) is 0 Å². The Kier molecular flexibility index (Phi) is 8.67. The average molecular weight is 249 g/mol. The maximum atomic E-state index is 11.8. The Morgan fingerprint density at radius 3 is 2.44 bits per heavy atom. The lowest BCUT2D eigenvalue weighted by molar-refractivity contribution is -0.132. The normalized spacial score (nSPS) is 17.0. The van der Waals surface area contributed by atoms with E-state index in [1.54, 1.807) is 0 Å². The number of unbranched alkanes of at least 4 members (excludes halogenated alkanes) is 2. The highest BCUT2D eigenvalue weighted by molar-refractivity contribution is 5.85. The standard InChI is InChI=1S/C12H24N2O.ClH/c1-2-3-4-5-12(15)14-8-6-11(10-13)7-9-14;/h11H,2-10,13H2,1H3;1H. The minimum absolute atomic E-state index is 0. The van der Waals surface area contributed by atoms with Gasteiger partial charge >= 0.3 is 0 Å². The van der Waals surface area contributed by atoms with Crippen molar-refractivity contribution in [1.29, 1.82) is 0 Å². The Morgan fingerprint density at radius 2 is 1.94 bits per heavy atom. The number of halogens is 1. The third-order valence-electron chi connectivity index (χ3n) is 3.29. The number of piperidine rings is 1. The van der Waals surface area contributed by atoms with Gasteiger partial charge in [-0.3, -0.25) is 4.79 Å². The van der Waals surface area contributed by atoms with Crippen LogP contribution < -0.4 is 5.73 Å². The number of hydrogen-bond donors (Lipinski definition) is 1. The number of nitrogens with zero attached hydrogens (tertiary/aromatic N) is 1. The molecule has 0 aromatic carbocycles. The Balaban J connectivity index is 0.00000225. The molecule has 4 heteroatoms. The van der Waals surface area contributed by atoms with E-state index in [-0.39, 0.29) is 12.4 Å². The monoisotopic (exact) mass is 248 g/mol. The van der Waals surface area contributed by atoms with Crippen molar-refractivity contribution in [2.24, 2.45) is 11.7 Å². The van der Waals surface area contributed by atoms with Gasteiger partial charge in [-0.2, -0.15) is 0 Å². The first-order valence-electron chi connectivity index (χ1n) is 6.25. The van der Waals surface area contributed by atoms with Crippen LogP contribution >= 0.6 is 12.4 Å². The lowest BCUT2D eigenvalue weighted by Crippen LogP contribution is -2.39. The molecule has 1 rings (SSSR count). The van der Waals surface area contributed by atoms with Gasteiger partial charge in [0, 0.05) is 19.5 Å². The van der Waals surface area contributed by atoms with Crippen molar-refractivity contribution in [3.05, 3.63) is 0 Å². The summed E-state index contributed by atoms with van der Waals surface area (Å²) in [5, 5.41) is 0. The number of carbonyl (C=O) groups is 1. The maximum Gasteiger partial charge on any atom is 0.222 e. The van der Waals surface area contributed by atoms with Crippen LogP contribution in [0.1, 0.15) is 45.4 Å². The third kappa shape index (κ3) is 5.17. The number of carbonyl (C=O) groups excluding carboxylic acids is 1. The van der Waals surface area contributed by atoms with Crippen molar-refractivity contribution >= 4 is 18.3 Å². The van der Waals surface area contributed by atoms with Crippen LogP contribution in [0.4, 0.5) is 0 Å². The molecule has 1 aliphatic heterocycles. The number of likely N-dealkylation sites (tertiary alicyclic amines) is 1. The molecule has 1 aliphatic rings. The molecule has 0 spiro atoms. The van der Waals surface area contributed by atoms with Crippen molar-refractivity contribution in [3.63, 3.8) is 0 Å². The van der Waals surface area contributed by atoms with Gasteiger partial charge in [-0.05, 0) is 31.7 Å². The lowest BCUT2D eigenvalue weighted by Gasteiger charge is -2.31. The van der Waals surface area contributed by atoms with E-state index in [0.717, 1.165) is 45.3 Å². The summed E-state index contributed by atoms with van der Waals surface area (Å²) in [6, 6.07) is 0. The minimum Gasteiger partial charge on any atom is -0.343 e. The number of rotatable bonds is 5. The predicted molar refractivity (Wildman–Crippen MR) is 69.7 cm³/mol. The maximum absolute atomic E-state index is 11.8. The first kappa shape index (κ1) is 15.7. The van der Waals surface area contributed by atoms with Crippen molar-refractivity contribution in [2.45, 2.75) is 45.4 Å². The topological polar surface area (TPSA) is 46.3 Å².